The molecule has 4 atom stereocenters. The SMILES string of the molecule is CO[C@H]1OC[C@H](OS(=O)(=O)c2ccc(C)cc2)[C@@H](OC(=O)c2ccccc2)[C@H]1OC(=O)c1ccccc1. The van der Waals surface area contributed by atoms with Crippen LogP contribution in [0.4, 0.5) is 0 Å². The molecule has 4 rings (SSSR count). The van der Waals surface area contributed by atoms with Crippen molar-refractivity contribution in [2.45, 2.75) is 36.4 Å². The maximum atomic E-state index is 13.1. The van der Waals surface area contributed by atoms with E-state index in [0.717, 1.165) is 5.56 Å². The molecule has 1 aliphatic rings. The van der Waals surface area contributed by atoms with Crippen molar-refractivity contribution >= 4 is 22.1 Å². The second-order valence-corrected chi connectivity index (χ2v) is 9.88. The highest BCUT2D eigenvalue weighted by Crippen LogP contribution is 2.28. The fourth-order valence-electron chi connectivity index (χ4n) is 3.75. The lowest BCUT2D eigenvalue weighted by Gasteiger charge is -2.39. The number of ether oxygens (including phenoxy) is 4. The van der Waals surface area contributed by atoms with E-state index in [9.17, 15) is 18.0 Å². The molecule has 9 nitrogen and oxygen atoms in total. The first kappa shape index (κ1) is 26.5. The van der Waals surface area contributed by atoms with Crippen molar-refractivity contribution in [2.75, 3.05) is 13.7 Å². The third kappa shape index (κ3) is 6.41. The summed E-state index contributed by atoms with van der Waals surface area (Å²) < 4.78 is 53.9. The number of benzene rings is 3. The van der Waals surface area contributed by atoms with Crippen LogP contribution in [-0.4, -0.2) is 58.7 Å². The van der Waals surface area contributed by atoms with E-state index in [-0.39, 0.29) is 22.6 Å². The van der Waals surface area contributed by atoms with E-state index < -0.39 is 46.7 Å². The van der Waals surface area contributed by atoms with E-state index in [1.807, 2.05) is 6.92 Å². The van der Waals surface area contributed by atoms with Crippen molar-refractivity contribution in [3.63, 3.8) is 0 Å². The minimum absolute atomic E-state index is 0.0852. The van der Waals surface area contributed by atoms with Crippen molar-refractivity contribution in [1.82, 2.24) is 0 Å². The molecule has 0 spiro atoms. The van der Waals surface area contributed by atoms with Crippen LogP contribution in [0.1, 0.15) is 26.3 Å². The average Bonchev–Trinajstić information content (AvgIpc) is 2.91. The first-order valence-corrected chi connectivity index (χ1v) is 12.9. The molecule has 0 aliphatic carbocycles. The summed E-state index contributed by atoms with van der Waals surface area (Å²) in [6.07, 6.45) is -5.20. The summed E-state index contributed by atoms with van der Waals surface area (Å²) in [6.45, 7) is 1.51. The van der Waals surface area contributed by atoms with Gasteiger partial charge in [0.1, 0.15) is 6.10 Å². The van der Waals surface area contributed by atoms with Gasteiger partial charge in [0.25, 0.3) is 10.1 Å². The Kier molecular flexibility index (Phi) is 8.34. The van der Waals surface area contributed by atoms with Gasteiger partial charge in [0.2, 0.25) is 0 Å². The molecule has 10 heteroatoms. The van der Waals surface area contributed by atoms with Gasteiger partial charge in [-0.25, -0.2) is 9.59 Å². The minimum atomic E-state index is -4.29. The molecule has 1 aliphatic heterocycles. The Morgan fingerprint density at radius 2 is 1.30 bits per heavy atom. The van der Waals surface area contributed by atoms with Crippen LogP contribution in [0, 0.1) is 6.92 Å². The van der Waals surface area contributed by atoms with Crippen molar-refractivity contribution < 1.29 is 41.1 Å². The number of aryl methyl sites for hydroxylation is 1. The summed E-state index contributed by atoms with van der Waals surface area (Å²) in [5.74, 6) is -1.50. The van der Waals surface area contributed by atoms with Crippen LogP contribution in [0.5, 0.6) is 0 Å². The quantitative estimate of drug-likeness (QED) is 0.321. The van der Waals surface area contributed by atoms with E-state index in [1.54, 1.807) is 72.8 Å². The summed E-state index contributed by atoms with van der Waals surface area (Å²) in [7, 11) is -2.96. The Balaban J connectivity index is 1.66. The smallest absolute Gasteiger partial charge is 0.338 e. The van der Waals surface area contributed by atoms with E-state index in [0.29, 0.717) is 0 Å². The first-order valence-electron chi connectivity index (χ1n) is 11.4. The van der Waals surface area contributed by atoms with Crippen LogP contribution in [0.3, 0.4) is 0 Å². The second-order valence-electron chi connectivity index (χ2n) is 8.31. The zero-order valence-corrected chi connectivity index (χ0v) is 21.0. The summed E-state index contributed by atoms with van der Waals surface area (Å²) in [5.41, 5.74) is 1.32. The zero-order chi connectivity index (χ0) is 26.4. The lowest BCUT2D eigenvalue weighted by Crippen LogP contribution is -2.58. The normalized spacial score (nSPS) is 21.7. The number of carbonyl (C=O) groups excluding carboxylic acids is 2. The molecule has 194 valence electrons. The summed E-state index contributed by atoms with van der Waals surface area (Å²) >= 11 is 0. The topological polar surface area (TPSA) is 114 Å². The van der Waals surface area contributed by atoms with Crippen molar-refractivity contribution in [1.29, 1.82) is 0 Å². The van der Waals surface area contributed by atoms with Gasteiger partial charge in [-0.3, -0.25) is 4.18 Å². The van der Waals surface area contributed by atoms with Crippen LogP contribution in [0.25, 0.3) is 0 Å². The molecule has 1 saturated heterocycles. The fourth-order valence-corrected chi connectivity index (χ4v) is 4.82. The van der Waals surface area contributed by atoms with Crippen molar-refractivity contribution in [3.8, 4) is 0 Å². The van der Waals surface area contributed by atoms with Crippen LogP contribution in [0.15, 0.2) is 89.8 Å². The van der Waals surface area contributed by atoms with Crippen LogP contribution in [-0.2, 0) is 33.2 Å². The highest BCUT2D eigenvalue weighted by molar-refractivity contribution is 7.86. The van der Waals surface area contributed by atoms with Gasteiger partial charge in [-0.2, -0.15) is 8.42 Å². The molecule has 0 amide bonds. The van der Waals surface area contributed by atoms with Gasteiger partial charge in [-0.1, -0.05) is 54.1 Å². The summed E-state index contributed by atoms with van der Waals surface area (Å²) in [4.78, 5) is 25.8. The first-order chi connectivity index (χ1) is 17.8. The molecular formula is C27H26O9S. The zero-order valence-electron chi connectivity index (χ0n) is 20.2. The standard InChI is InChI=1S/C27H26O9S/c1-18-13-15-21(16-14-18)37(30,31)36-22-17-33-27(32-2)24(35-26(29)20-11-7-4-8-12-20)23(22)34-25(28)19-9-5-3-6-10-19/h3-16,22-24,27H,17H2,1-2H3/t22-,23+,24+,27-/m0/s1. The molecule has 1 heterocycles. The van der Waals surface area contributed by atoms with Crippen molar-refractivity contribution in [2.24, 2.45) is 0 Å². The Morgan fingerprint density at radius 3 is 1.81 bits per heavy atom. The van der Waals surface area contributed by atoms with Crippen LogP contribution >= 0.6 is 0 Å². The Labute approximate surface area is 215 Å². The molecule has 0 unspecified atom stereocenters. The van der Waals surface area contributed by atoms with Gasteiger partial charge < -0.3 is 18.9 Å². The molecule has 3 aromatic carbocycles. The van der Waals surface area contributed by atoms with Gasteiger partial charge >= 0.3 is 11.9 Å². The molecule has 37 heavy (non-hydrogen) atoms. The average molecular weight is 527 g/mol. The molecule has 0 aromatic heterocycles. The molecule has 0 N–H and O–H groups in total. The van der Waals surface area contributed by atoms with Gasteiger partial charge in [0.15, 0.2) is 18.5 Å². The van der Waals surface area contributed by atoms with Crippen molar-refractivity contribution in [3.05, 3.63) is 102 Å². The molecule has 0 saturated carbocycles. The number of carbonyl (C=O) groups is 2. The fraction of sp³-hybridized carbons (Fsp3) is 0.259. The lowest BCUT2D eigenvalue weighted by atomic mass is 10.0. The van der Waals surface area contributed by atoms with E-state index >= 15 is 0 Å². The largest absolute Gasteiger partial charge is 0.452 e. The third-order valence-corrected chi connectivity index (χ3v) is 7.03. The van der Waals surface area contributed by atoms with E-state index in [1.165, 1.54) is 19.2 Å². The Morgan fingerprint density at radius 1 is 0.784 bits per heavy atom. The summed E-state index contributed by atoms with van der Waals surface area (Å²) in [6, 6.07) is 22.4. The van der Waals surface area contributed by atoms with E-state index in [2.05, 4.69) is 0 Å². The number of hydrogen-bond acceptors (Lipinski definition) is 9. The molecular weight excluding hydrogens is 500 g/mol. The highest BCUT2D eigenvalue weighted by Gasteiger charge is 2.48. The number of methoxy groups -OCH3 is 1. The van der Waals surface area contributed by atoms with E-state index in [4.69, 9.17) is 23.1 Å². The van der Waals surface area contributed by atoms with Gasteiger partial charge in [-0.15, -0.1) is 0 Å². The minimum Gasteiger partial charge on any atom is -0.452 e. The monoisotopic (exact) mass is 526 g/mol. The number of rotatable bonds is 8. The third-order valence-electron chi connectivity index (χ3n) is 5.68. The molecule has 1 fully saturated rings. The van der Waals surface area contributed by atoms with Gasteiger partial charge in [-0.05, 0) is 43.3 Å². The lowest BCUT2D eigenvalue weighted by molar-refractivity contribution is -0.256. The molecule has 0 radical (unpaired) electrons. The maximum absolute atomic E-state index is 13.1. The number of hydrogen-bond donors (Lipinski definition) is 0. The van der Waals surface area contributed by atoms with Crippen LogP contribution < -0.4 is 0 Å². The maximum Gasteiger partial charge on any atom is 0.338 e. The van der Waals surface area contributed by atoms with Gasteiger partial charge in [0, 0.05) is 7.11 Å². The predicted molar refractivity (Wildman–Crippen MR) is 131 cm³/mol. The Hall–Kier alpha value is -3.57. The Bertz CT molecular complexity index is 1310. The summed E-state index contributed by atoms with van der Waals surface area (Å²) in [5, 5.41) is 0. The molecule has 3 aromatic rings. The number of esters is 2. The van der Waals surface area contributed by atoms with Crippen LogP contribution in [0.2, 0.25) is 0 Å². The predicted octanol–water partition coefficient (Wildman–Crippen LogP) is 3.52. The highest BCUT2D eigenvalue weighted by atomic mass is 32.2. The van der Waals surface area contributed by atoms with Gasteiger partial charge in [0.05, 0.1) is 22.6 Å². The second kappa shape index (κ2) is 11.7. The molecule has 0 bridgehead atoms.